The number of primary amides is 1. The van der Waals surface area contributed by atoms with E-state index in [0.717, 1.165) is 12.1 Å². The molecule has 0 aliphatic heterocycles. The summed E-state index contributed by atoms with van der Waals surface area (Å²) in [5, 5.41) is 9.96. The molecule has 3 N–H and O–H groups in total. The van der Waals surface area contributed by atoms with Gasteiger partial charge in [0.05, 0.1) is 12.7 Å². The first-order chi connectivity index (χ1) is 13.3. The molecule has 0 aliphatic rings. The fourth-order valence-electron chi connectivity index (χ4n) is 2.57. The molecule has 3 aromatic rings. The Kier molecular flexibility index (Phi) is 5.21. The molecule has 0 aliphatic carbocycles. The van der Waals surface area contributed by atoms with Crippen molar-refractivity contribution in [2.75, 3.05) is 7.11 Å². The molecule has 7 nitrogen and oxygen atoms in total. The van der Waals surface area contributed by atoms with Crippen molar-refractivity contribution in [3.05, 3.63) is 59.3 Å². The summed E-state index contributed by atoms with van der Waals surface area (Å²) in [7, 11) is 1.45. The zero-order chi connectivity index (χ0) is 20.3. The van der Waals surface area contributed by atoms with Crippen LogP contribution in [0.3, 0.4) is 0 Å². The predicted octanol–water partition coefficient (Wildman–Crippen LogP) is 3.18. The molecule has 0 saturated heterocycles. The van der Waals surface area contributed by atoms with Crippen molar-refractivity contribution in [2.45, 2.75) is 12.8 Å². The third kappa shape index (κ3) is 4.05. The van der Waals surface area contributed by atoms with Crippen LogP contribution in [0.2, 0.25) is 0 Å². The third-order valence-electron chi connectivity index (χ3n) is 3.89. The number of nitrogens with two attached hydrogens (primary N) is 1. The van der Waals surface area contributed by atoms with Gasteiger partial charge in [0.2, 0.25) is 0 Å². The molecule has 10 heteroatoms. The highest BCUT2D eigenvalue weighted by atomic mass is 19.4. The minimum Gasteiger partial charge on any atom is -0.496 e. The molecule has 2 aromatic carbocycles. The van der Waals surface area contributed by atoms with E-state index in [1.165, 1.54) is 19.2 Å². The SMILES string of the molecule is COc1ccc(-c2n[nH]nc2C(N)=O)cc1COc1cccc(C(F)(F)F)c1. The van der Waals surface area contributed by atoms with Crippen LogP contribution in [0.1, 0.15) is 21.6 Å². The average molecular weight is 392 g/mol. The lowest BCUT2D eigenvalue weighted by molar-refractivity contribution is -0.137. The van der Waals surface area contributed by atoms with Crippen molar-refractivity contribution >= 4 is 5.91 Å². The number of nitrogens with zero attached hydrogens (tertiary/aromatic N) is 2. The molecule has 0 radical (unpaired) electrons. The molecule has 1 amide bonds. The fraction of sp³-hybridized carbons (Fsp3) is 0.167. The van der Waals surface area contributed by atoms with Crippen molar-refractivity contribution in [3.8, 4) is 22.8 Å². The first-order valence-electron chi connectivity index (χ1n) is 7.97. The number of halogens is 3. The molecule has 146 valence electrons. The normalized spacial score (nSPS) is 11.3. The maximum absolute atomic E-state index is 12.8. The lowest BCUT2D eigenvalue weighted by Gasteiger charge is -2.13. The standard InChI is InChI=1S/C18H15F3N4O3/c1-27-14-6-5-10(15-16(17(22)26)24-25-23-15)7-11(14)9-28-13-4-2-3-12(8-13)18(19,20)21/h2-8H,9H2,1H3,(H2,22,26)(H,23,24,25). The van der Waals surface area contributed by atoms with Gasteiger partial charge in [-0.05, 0) is 36.4 Å². The van der Waals surface area contributed by atoms with Gasteiger partial charge in [-0.2, -0.15) is 28.6 Å². The summed E-state index contributed by atoms with van der Waals surface area (Å²) in [6, 6.07) is 9.48. The van der Waals surface area contributed by atoms with Gasteiger partial charge in [0.15, 0.2) is 5.69 Å². The molecule has 1 heterocycles. The summed E-state index contributed by atoms with van der Waals surface area (Å²) in [6.07, 6.45) is -4.46. The molecule has 28 heavy (non-hydrogen) atoms. The monoisotopic (exact) mass is 392 g/mol. The molecule has 0 unspecified atom stereocenters. The van der Waals surface area contributed by atoms with E-state index >= 15 is 0 Å². The molecule has 0 spiro atoms. The first-order valence-corrected chi connectivity index (χ1v) is 7.97. The van der Waals surface area contributed by atoms with Crippen LogP contribution in [0.5, 0.6) is 11.5 Å². The summed E-state index contributed by atoms with van der Waals surface area (Å²) in [5.74, 6) is -0.234. The minimum atomic E-state index is -4.46. The smallest absolute Gasteiger partial charge is 0.416 e. The highest BCUT2D eigenvalue weighted by Crippen LogP contribution is 2.32. The number of ether oxygens (including phenoxy) is 2. The number of hydrogen-bond acceptors (Lipinski definition) is 5. The Morgan fingerprint density at radius 2 is 1.96 bits per heavy atom. The summed E-state index contributed by atoms with van der Waals surface area (Å²) in [6.45, 7) is -0.0674. The van der Waals surface area contributed by atoms with Crippen LogP contribution in [0.15, 0.2) is 42.5 Å². The lowest BCUT2D eigenvalue weighted by atomic mass is 10.1. The second kappa shape index (κ2) is 7.59. The van der Waals surface area contributed by atoms with Crippen molar-refractivity contribution in [1.29, 1.82) is 0 Å². The van der Waals surface area contributed by atoms with Gasteiger partial charge in [-0.25, -0.2) is 0 Å². The maximum Gasteiger partial charge on any atom is 0.416 e. The number of carbonyl (C=O) groups excluding carboxylic acids is 1. The van der Waals surface area contributed by atoms with E-state index in [1.807, 2.05) is 0 Å². The third-order valence-corrected chi connectivity index (χ3v) is 3.89. The Hall–Kier alpha value is -3.56. The van der Waals surface area contributed by atoms with E-state index in [1.54, 1.807) is 18.2 Å². The van der Waals surface area contributed by atoms with Gasteiger partial charge in [0, 0.05) is 11.1 Å². The highest BCUT2D eigenvalue weighted by Gasteiger charge is 2.30. The topological polar surface area (TPSA) is 103 Å². The van der Waals surface area contributed by atoms with Gasteiger partial charge >= 0.3 is 6.18 Å². The Labute approximate surface area is 157 Å². The van der Waals surface area contributed by atoms with Crippen LogP contribution in [-0.2, 0) is 12.8 Å². The van der Waals surface area contributed by atoms with Gasteiger partial charge in [0.25, 0.3) is 5.91 Å². The summed E-state index contributed by atoms with van der Waals surface area (Å²) >= 11 is 0. The molecule has 0 saturated carbocycles. The van der Waals surface area contributed by atoms with Crippen molar-refractivity contribution in [1.82, 2.24) is 15.4 Å². The Bertz CT molecular complexity index is 1000. The molecule has 0 atom stereocenters. The quantitative estimate of drug-likeness (QED) is 0.671. The molecule has 3 rings (SSSR count). The van der Waals surface area contributed by atoms with Crippen LogP contribution in [0.4, 0.5) is 13.2 Å². The fourth-order valence-corrected chi connectivity index (χ4v) is 2.57. The van der Waals surface area contributed by atoms with Crippen LogP contribution < -0.4 is 15.2 Å². The van der Waals surface area contributed by atoms with E-state index in [4.69, 9.17) is 15.2 Å². The van der Waals surface area contributed by atoms with E-state index in [-0.39, 0.29) is 23.7 Å². The van der Waals surface area contributed by atoms with Crippen LogP contribution in [0.25, 0.3) is 11.3 Å². The first kappa shape index (κ1) is 19.2. The van der Waals surface area contributed by atoms with E-state index in [0.29, 0.717) is 16.9 Å². The molecular formula is C18H15F3N4O3. The van der Waals surface area contributed by atoms with Gasteiger partial charge in [-0.3, -0.25) is 4.79 Å². The number of methoxy groups -OCH3 is 1. The number of aromatic nitrogens is 3. The second-order valence-electron chi connectivity index (χ2n) is 5.73. The minimum absolute atomic E-state index is 0.0325. The van der Waals surface area contributed by atoms with Crippen molar-refractivity contribution in [3.63, 3.8) is 0 Å². The van der Waals surface area contributed by atoms with Crippen molar-refractivity contribution < 1.29 is 27.4 Å². The molecule has 0 fully saturated rings. The van der Waals surface area contributed by atoms with Crippen LogP contribution in [0, 0.1) is 0 Å². The maximum atomic E-state index is 12.8. The number of H-pyrrole nitrogens is 1. The average Bonchev–Trinajstić information content (AvgIpc) is 3.16. The van der Waals surface area contributed by atoms with Crippen LogP contribution in [-0.4, -0.2) is 28.4 Å². The van der Waals surface area contributed by atoms with E-state index < -0.39 is 17.6 Å². The number of amides is 1. The second-order valence-corrected chi connectivity index (χ2v) is 5.73. The van der Waals surface area contributed by atoms with Crippen LogP contribution >= 0.6 is 0 Å². The highest BCUT2D eigenvalue weighted by molar-refractivity contribution is 5.96. The summed E-state index contributed by atoms with van der Waals surface area (Å²) in [4.78, 5) is 11.4. The zero-order valence-electron chi connectivity index (χ0n) is 14.6. The lowest BCUT2D eigenvalue weighted by Crippen LogP contribution is -2.12. The molecular weight excluding hydrogens is 377 g/mol. The number of nitrogens with one attached hydrogen (secondary N) is 1. The zero-order valence-corrected chi connectivity index (χ0v) is 14.6. The van der Waals surface area contributed by atoms with Gasteiger partial charge in [0.1, 0.15) is 23.8 Å². The summed E-state index contributed by atoms with van der Waals surface area (Å²) < 4.78 is 49.3. The van der Waals surface area contributed by atoms with Gasteiger partial charge in [-0.1, -0.05) is 6.07 Å². The predicted molar refractivity (Wildman–Crippen MR) is 92.7 cm³/mol. The Morgan fingerprint density at radius 3 is 2.64 bits per heavy atom. The van der Waals surface area contributed by atoms with Gasteiger partial charge in [-0.15, -0.1) is 0 Å². The van der Waals surface area contributed by atoms with Gasteiger partial charge < -0.3 is 15.2 Å². The number of hydrogen-bond donors (Lipinski definition) is 2. The number of carbonyl (C=O) groups is 1. The number of alkyl halides is 3. The van der Waals surface area contributed by atoms with E-state index in [2.05, 4.69) is 15.4 Å². The summed E-state index contributed by atoms with van der Waals surface area (Å²) in [5.41, 5.74) is 5.74. The number of rotatable bonds is 6. The Balaban J connectivity index is 1.88. The Morgan fingerprint density at radius 1 is 1.18 bits per heavy atom. The molecule has 1 aromatic heterocycles. The number of aromatic amines is 1. The van der Waals surface area contributed by atoms with E-state index in [9.17, 15) is 18.0 Å². The molecule has 0 bridgehead atoms. The van der Waals surface area contributed by atoms with Crippen molar-refractivity contribution in [2.24, 2.45) is 5.73 Å². The number of benzene rings is 2. The largest absolute Gasteiger partial charge is 0.496 e.